The first kappa shape index (κ1) is 20.7. The molecule has 0 saturated carbocycles. The number of benzene rings is 2. The molecule has 3 N–H and O–H groups in total. The molecule has 3 aromatic rings. The molecule has 156 valence electrons. The number of piperazine rings is 1. The van der Waals surface area contributed by atoms with Crippen LogP contribution in [0.2, 0.25) is 10.0 Å². The summed E-state index contributed by atoms with van der Waals surface area (Å²) in [5.74, 6) is 1.36. The Hall–Kier alpha value is -2.61. The molecular weight excluding hydrogens is 421 g/mol. The number of hydrogen-bond acceptors (Lipinski definition) is 7. The van der Waals surface area contributed by atoms with Crippen molar-refractivity contribution in [2.24, 2.45) is 0 Å². The summed E-state index contributed by atoms with van der Waals surface area (Å²) in [5, 5.41) is 4.68. The summed E-state index contributed by atoms with van der Waals surface area (Å²) in [6, 6.07) is 15.6. The lowest BCUT2D eigenvalue weighted by molar-refractivity contribution is 0.244. The summed E-state index contributed by atoms with van der Waals surface area (Å²) < 4.78 is 0. The molecule has 1 fully saturated rings. The Morgan fingerprint density at radius 1 is 0.900 bits per heavy atom. The van der Waals surface area contributed by atoms with Gasteiger partial charge in [-0.2, -0.15) is 15.0 Å². The van der Waals surface area contributed by atoms with Gasteiger partial charge >= 0.3 is 0 Å². The van der Waals surface area contributed by atoms with Crippen molar-refractivity contribution in [2.45, 2.75) is 13.1 Å². The van der Waals surface area contributed by atoms with Gasteiger partial charge in [0.1, 0.15) is 5.82 Å². The predicted octanol–water partition coefficient (Wildman–Crippen LogP) is 3.69. The molecule has 2 aromatic carbocycles. The molecule has 1 aliphatic rings. The van der Waals surface area contributed by atoms with Crippen LogP contribution in [0.1, 0.15) is 11.4 Å². The minimum atomic E-state index is 0.219. The van der Waals surface area contributed by atoms with Crippen molar-refractivity contribution in [1.82, 2.24) is 19.9 Å². The van der Waals surface area contributed by atoms with Crippen molar-refractivity contribution in [3.05, 3.63) is 70.0 Å². The first-order valence-electron chi connectivity index (χ1n) is 9.77. The topological polar surface area (TPSA) is 83.2 Å². The fourth-order valence-electron chi connectivity index (χ4n) is 3.41. The first-order valence-corrected chi connectivity index (χ1v) is 10.5. The number of halogens is 2. The Bertz CT molecular complexity index is 989. The van der Waals surface area contributed by atoms with E-state index >= 15 is 0 Å². The third-order valence-corrected chi connectivity index (χ3v) is 5.46. The van der Waals surface area contributed by atoms with Gasteiger partial charge in [0, 0.05) is 48.5 Å². The Morgan fingerprint density at radius 3 is 2.40 bits per heavy atom. The quantitative estimate of drug-likeness (QED) is 0.600. The standard InChI is InChI=1S/C21H23Cl2N7/c22-16-6-4-15(5-7-16)13-25-21-27-19(26-20(24)28-21)14-29-8-10-30(11-9-29)18-3-1-2-17(23)12-18/h1-7,12H,8-11,13-14H2,(H3,24,25,26,27,28). The van der Waals surface area contributed by atoms with E-state index in [4.69, 9.17) is 28.9 Å². The number of hydrogen-bond donors (Lipinski definition) is 2. The number of anilines is 3. The minimum absolute atomic E-state index is 0.219. The Balaban J connectivity index is 1.34. The Morgan fingerprint density at radius 2 is 1.67 bits per heavy atom. The number of nitrogens with zero attached hydrogens (tertiary/aromatic N) is 5. The molecule has 0 atom stereocenters. The Labute approximate surface area is 185 Å². The van der Waals surface area contributed by atoms with Crippen LogP contribution in [-0.4, -0.2) is 46.0 Å². The van der Waals surface area contributed by atoms with Gasteiger partial charge in [0.25, 0.3) is 0 Å². The first-order chi connectivity index (χ1) is 14.5. The van der Waals surface area contributed by atoms with Crippen molar-refractivity contribution >= 4 is 40.8 Å². The van der Waals surface area contributed by atoms with Gasteiger partial charge in [-0.15, -0.1) is 0 Å². The third kappa shape index (κ3) is 5.50. The largest absolute Gasteiger partial charge is 0.369 e. The highest BCUT2D eigenvalue weighted by molar-refractivity contribution is 6.31. The molecule has 1 saturated heterocycles. The van der Waals surface area contributed by atoms with Gasteiger partial charge in [0.15, 0.2) is 0 Å². The van der Waals surface area contributed by atoms with E-state index in [-0.39, 0.29) is 5.95 Å². The second-order valence-corrected chi connectivity index (χ2v) is 8.03. The third-order valence-electron chi connectivity index (χ3n) is 4.97. The summed E-state index contributed by atoms with van der Waals surface area (Å²) >= 11 is 12.0. The van der Waals surface area contributed by atoms with E-state index in [9.17, 15) is 0 Å². The maximum Gasteiger partial charge on any atom is 0.228 e. The van der Waals surface area contributed by atoms with Crippen LogP contribution in [0.4, 0.5) is 17.6 Å². The van der Waals surface area contributed by atoms with E-state index < -0.39 is 0 Å². The van der Waals surface area contributed by atoms with Crippen molar-refractivity contribution in [3.63, 3.8) is 0 Å². The molecule has 4 rings (SSSR count). The highest BCUT2D eigenvalue weighted by Gasteiger charge is 2.19. The van der Waals surface area contributed by atoms with Gasteiger partial charge in [-0.1, -0.05) is 41.4 Å². The minimum Gasteiger partial charge on any atom is -0.369 e. The molecule has 0 radical (unpaired) electrons. The summed E-state index contributed by atoms with van der Waals surface area (Å²) in [5.41, 5.74) is 8.14. The average molecular weight is 444 g/mol. The molecule has 1 aliphatic heterocycles. The van der Waals surface area contributed by atoms with E-state index in [2.05, 4.69) is 36.1 Å². The molecule has 0 unspecified atom stereocenters. The molecule has 0 amide bonds. The second-order valence-electron chi connectivity index (χ2n) is 7.16. The van der Waals surface area contributed by atoms with Gasteiger partial charge in [-0.25, -0.2) is 0 Å². The van der Waals surface area contributed by atoms with Crippen molar-refractivity contribution in [3.8, 4) is 0 Å². The lowest BCUT2D eigenvalue weighted by Gasteiger charge is -2.35. The molecule has 30 heavy (non-hydrogen) atoms. The summed E-state index contributed by atoms with van der Waals surface area (Å²) in [7, 11) is 0. The van der Waals surface area contributed by atoms with Crippen LogP contribution in [0, 0.1) is 0 Å². The van der Waals surface area contributed by atoms with Crippen molar-refractivity contribution in [1.29, 1.82) is 0 Å². The van der Waals surface area contributed by atoms with Crippen molar-refractivity contribution in [2.75, 3.05) is 42.1 Å². The number of aromatic nitrogens is 3. The van der Waals surface area contributed by atoms with Crippen LogP contribution in [0.25, 0.3) is 0 Å². The second kappa shape index (κ2) is 9.47. The zero-order valence-corrected chi connectivity index (χ0v) is 17.9. The molecule has 1 aromatic heterocycles. The fourth-order valence-corrected chi connectivity index (χ4v) is 3.72. The Kier molecular flexibility index (Phi) is 6.52. The van der Waals surface area contributed by atoms with Crippen LogP contribution < -0.4 is 16.0 Å². The van der Waals surface area contributed by atoms with E-state index in [0.29, 0.717) is 29.9 Å². The highest BCUT2D eigenvalue weighted by atomic mass is 35.5. The number of nitrogen functional groups attached to an aromatic ring is 1. The van der Waals surface area contributed by atoms with Crippen molar-refractivity contribution < 1.29 is 0 Å². The lowest BCUT2D eigenvalue weighted by Crippen LogP contribution is -2.46. The molecular formula is C21H23Cl2N7. The zero-order valence-electron chi connectivity index (χ0n) is 16.4. The number of rotatable bonds is 6. The van der Waals surface area contributed by atoms with E-state index in [1.54, 1.807) is 0 Å². The van der Waals surface area contributed by atoms with Gasteiger partial charge in [0.05, 0.1) is 6.54 Å². The lowest BCUT2D eigenvalue weighted by atomic mass is 10.2. The van der Waals surface area contributed by atoms with Crippen LogP contribution in [0.15, 0.2) is 48.5 Å². The van der Waals surface area contributed by atoms with Gasteiger partial charge < -0.3 is 16.0 Å². The molecule has 0 bridgehead atoms. The molecule has 0 aliphatic carbocycles. The van der Waals surface area contributed by atoms with E-state index in [0.717, 1.165) is 42.5 Å². The SMILES string of the molecule is Nc1nc(CN2CCN(c3cccc(Cl)c3)CC2)nc(NCc2ccc(Cl)cc2)n1. The molecule has 2 heterocycles. The van der Waals surface area contributed by atoms with Gasteiger partial charge in [0.2, 0.25) is 11.9 Å². The molecule has 7 nitrogen and oxygen atoms in total. The normalized spacial score (nSPS) is 14.7. The number of nitrogens with one attached hydrogen (secondary N) is 1. The fraction of sp³-hybridized carbons (Fsp3) is 0.286. The summed E-state index contributed by atoms with van der Waals surface area (Å²) in [6.45, 7) is 4.87. The smallest absolute Gasteiger partial charge is 0.228 e. The van der Waals surface area contributed by atoms with Crippen LogP contribution >= 0.6 is 23.2 Å². The van der Waals surface area contributed by atoms with E-state index in [1.165, 1.54) is 0 Å². The van der Waals surface area contributed by atoms with Crippen LogP contribution in [0.3, 0.4) is 0 Å². The zero-order chi connectivity index (χ0) is 20.9. The molecule has 9 heteroatoms. The average Bonchev–Trinajstić information content (AvgIpc) is 2.73. The number of nitrogens with two attached hydrogens (primary N) is 1. The summed E-state index contributed by atoms with van der Waals surface area (Å²) in [6.07, 6.45) is 0. The molecule has 0 spiro atoms. The monoisotopic (exact) mass is 443 g/mol. The maximum absolute atomic E-state index is 6.12. The van der Waals surface area contributed by atoms with Gasteiger partial charge in [-0.05, 0) is 35.9 Å². The highest BCUT2D eigenvalue weighted by Crippen LogP contribution is 2.21. The van der Waals surface area contributed by atoms with E-state index in [1.807, 2.05) is 42.5 Å². The van der Waals surface area contributed by atoms with Gasteiger partial charge in [-0.3, -0.25) is 4.90 Å². The van der Waals surface area contributed by atoms with Crippen LogP contribution in [0.5, 0.6) is 0 Å². The predicted molar refractivity (Wildman–Crippen MR) is 122 cm³/mol. The van der Waals surface area contributed by atoms with Crippen LogP contribution in [-0.2, 0) is 13.1 Å². The maximum atomic E-state index is 6.12. The summed E-state index contributed by atoms with van der Waals surface area (Å²) in [4.78, 5) is 17.7.